The Bertz CT molecular complexity index is 455. The molecule has 0 N–H and O–H groups in total. The minimum Gasteiger partial charge on any atom is -0.491 e. The zero-order valence-corrected chi connectivity index (χ0v) is 8.95. The zero-order valence-electron chi connectivity index (χ0n) is 8.20. The predicted octanol–water partition coefficient (Wildman–Crippen LogP) is 2.51. The van der Waals surface area contributed by atoms with Gasteiger partial charge in [-0.2, -0.15) is 4.98 Å². The number of oxazole rings is 1. The molecule has 0 radical (unpaired) electrons. The second kappa shape index (κ2) is 4.51. The summed E-state index contributed by atoms with van der Waals surface area (Å²) < 4.78 is 15.4. The van der Waals surface area contributed by atoms with E-state index in [2.05, 4.69) is 4.98 Å². The van der Waals surface area contributed by atoms with E-state index >= 15 is 0 Å². The molecule has 0 aliphatic carbocycles. The highest BCUT2D eigenvalue weighted by Gasteiger charge is 2.04. The van der Waals surface area contributed by atoms with Gasteiger partial charge in [-0.05, 0) is 23.7 Å². The van der Waals surface area contributed by atoms with Crippen LogP contribution in [0.2, 0.25) is 5.35 Å². The van der Waals surface area contributed by atoms with Crippen LogP contribution in [0, 0.1) is 0 Å². The van der Waals surface area contributed by atoms with E-state index < -0.39 is 0 Å². The van der Waals surface area contributed by atoms with Gasteiger partial charge in [0.2, 0.25) is 0 Å². The van der Waals surface area contributed by atoms with Crippen molar-refractivity contribution in [3.05, 3.63) is 23.5 Å². The van der Waals surface area contributed by atoms with Crippen molar-refractivity contribution in [2.75, 3.05) is 20.3 Å². The van der Waals surface area contributed by atoms with Crippen LogP contribution in [0.25, 0.3) is 11.1 Å². The fraction of sp³-hybridized carbons (Fsp3) is 0.300. The normalized spacial score (nSPS) is 10.8. The lowest BCUT2D eigenvalue weighted by atomic mass is 10.3. The van der Waals surface area contributed by atoms with Gasteiger partial charge in [-0.3, -0.25) is 0 Å². The fourth-order valence-electron chi connectivity index (χ4n) is 1.21. The van der Waals surface area contributed by atoms with Crippen molar-refractivity contribution in [2.24, 2.45) is 0 Å². The van der Waals surface area contributed by atoms with Crippen LogP contribution >= 0.6 is 11.6 Å². The molecule has 15 heavy (non-hydrogen) atoms. The molecule has 0 aliphatic rings. The van der Waals surface area contributed by atoms with Gasteiger partial charge in [0.15, 0.2) is 5.58 Å². The highest BCUT2D eigenvalue weighted by Crippen LogP contribution is 2.23. The predicted molar refractivity (Wildman–Crippen MR) is 56.4 cm³/mol. The van der Waals surface area contributed by atoms with Crippen LogP contribution in [-0.2, 0) is 4.74 Å². The maximum atomic E-state index is 5.62. The minimum absolute atomic E-state index is 0.138. The van der Waals surface area contributed by atoms with E-state index in [1.54, 1.807) is 19.2 Å². The monoisotopic (exact) mass is 227 g/mol. The maximum absolute atomic E-state index is 5.62. The molecule has 0 bridgehead atoms. The van der Waals surface area contributed by atoms with Crippen molar-refractivity contribution in [2.45, 2.75) is 0 Å². The summed E-state index contributed by atoms with van der Waals surface area (Å²) in [6.45, 7) is 1.05. The van der Waals surface area contributed by atoms with Gasteiger partial charge >= 0.3 is 0 Å². The second-order valence-corrected chi connectivity index (χ2v) is 3.26. The first-order chi connectivity index (χ1) is 7.29. The van der Waals surface area contributed by atoms with E-state index in [9.17, 15) is 0 Å². The average Bonchev–Trinajstić information content (AvgIpc) is 2.57. The number of halogens is 1. The van der Waals surface area contributed by atoms with E-state index in [4.69, 9.17) is 25.5 Å². The van der Waals surface area contributed by atoms with Gasteiger partial charge in [0, 0.05) is 13.2 Å². The molecule has 0 unspecified atom stereocenters. The molecule has 0 saturated heterocycles. The summed E-state index contributed by atoms with van der Waals surface area (Å²) in [5, 5.41) is 0.138. The lowest BCUT2D eigenvalue weighted by molar-refractivity contribution is 0.146. The summed E-state index contributed by atoms with van der Waals surface area (Å²) in [5.74, 6) is 0.715. The highest BCUT2D eigenvalue weighted by molar-refractivity contribution is 6.28. The van der Waals surface area contributed by atoms with Crippen molar-refractivity contribution < 1.29 is 13.9 Å². The Morgan fingerprint density at radius 3 is 3.07 bits per heavy atom. The van der Waals surface area contributed by atoms with Gasteiger partial charge in [0.25, 0.3) is 5.35 Å². The second-order valence-electron chi connectivity index (χ2n) is 2.94. The van der Waals surface area contributed by atoms with Crippen LogP contribution in [-0.4, -0.2) is 25.3 Å². The largest absolute Gasteiger partial charge is 0.491 e. The molecule has 1 aromatic heterocycles. The number of benzene rings is 1. The number of hydrogen-bond donors (Lipinski definition) is 0. The van der Waals surface area contributed by atoms with Gasteiger partial charge in [-0.25, -0.2) is 0 Å². The number of aromatic nitrogens is 1. The Morgan fingerprint density at radius 1 is 1.40 bits per heavy atom. The number of hydrogen-bond acceptors (Lipinski definition) is 4. The van der Waals surface area contributed by atoms with Crippen LogP contribution in [0.15, 0.2) is 22.6 Å². The lowest BCUT2D eigenvalue weighted by Gasteiger charge is -2.03. The SMILES string of the molecule is COCCOc1ccc2nc(Cl)oc2c1. The molecule has 1 aromatic carbocycles. The Kier molecular flexibility index (Phi) is 3.08. The molecule has 4 nitrogen and oxygen atoms in total. The third-order valence-corrected chi connectivity index (χ3v) is 2.05. The van der Waals surface area contributed by atoms with Gasteiger partial charge in [-0.15, -0.1) is 0 Å². The van der Waals surface area contributed by atoms with Crippen molar-refractivity contribution in [1.82, 2.24) is 4.98 Å². The topological polar surface area (TPSA) is 44.5 Å². The molecular weight excluding hydrogens is 218 g/mol. The van der Waals surface area contributed by atoms with Crippen LogP contribution in [0.5, 0.6) is 5.75 Å². The molecule has 0 fully saturated rings. The van der Waals surface area contributed by atoms with Crippen molar-refractivity contribution in [3.63, 3.8) is 0 Å². The summed E-state index contributed by atoms with van der Waals surface area (Å²) >= 11 is 5.62. The van der Waals surface area contributed by atoms with Crippen molar-refractivity contribution in [3.8, 4) is 5.75 Å². The number of nitrogens with zero attached hydrogens (tertiary/aromatic N) is 1. The van der Waals surface area contributed by atoms with Gasteiger partial charge in [0.05, 0.1) is 6.61 Å². The quantitative estimate of drug-likeness (QED) is 0.753. The third kappa shape index (κ3) is 2.40. The number of fused-ring (bicyclic) bond motifs is 1. The summed E-state index contributed by atoms with van der Waals surface area (Å²) in [4.78, 5) is 3.97. The summed E-state index contributed by atoms with van der Waals surface area (Å²) in [5.41, 5.74) is 1.34. The molecule has 0 spiro atoms. The van der Waals surface area contributed by atoms with Crippen molar-refractivity contribution >= 4 is 22.7 Å². The summed E-state index contributed by atoms with van der Waals surface area (Å²) in [6.07, 6.45) is 0. The smallest absolute Gasteiger partial charge is 0.293 e. The van der Waals surface area contributed by atoms with Crippen molar-refractivity contribution in [1.29, 1.82) is 0 Å². The van der Waals surface area contributed by atoms with E-state index in [0.717, 1.165) is 5.52 Å². The molecule has 80 valence electrons. The molecule has 2 aromatic rings. The molecule has 5 heteroatoms. The van der Waals surface area contributed by atoms with Crippen LogP contribution < -0.4 is 4.74 Å². The van der Waals surface area contributed by atoms with Gasteiger partial charge < -0.3 is 13.9 Å². The standard InChI is InChI=1S/C10H10ClNO3/c1-13-4-5-14-7-2-3-8-9(6-7)15-10(11)12-8/h2-3,6H,4-5H2,1H3. The Balaban J connectivity index is 2.15. The first kappa shape index (κ1) is 10.3. The molecular formula is C10H10ClNO3. The summed E-state index contributed by atoms with van der Waals surface area (Å²) in [7, 11) is 1.63. The molecule has 0 aliphatic heterocycles. The summed E-state index contributed by atoms with van der Waals surface area (Å²) in [6, 6.07) is 5.37. The number of ether oxygens (including phenoxy) is 2. The molecule has 1 heterocycles. The van der Waals surface area contributed by atoms with Crippen LogP contribution in [0.4, 0.5) is 0 Å². The fourth-order valence-corrected chi connectivity index (χ4v) is 1.38. The van der Waals surface area contributed by atoms with E-state index in [-0.39, 0.29) is 5.35 Å². The number of rotatable bonds is 4. The van der Waals surface area contributed by atoms with Crippen LogP contribution in [0.1, 0.15) is 0 Å². The first-order valence-corrected chi connectivity index (χ1v) is 4.85. The van der Waals surface area contributed by atoms with E-state index in [1.807, 2.05) is 6.07 Å². The molecule has 0 atom stereocenters. The Labute approximate surface area is 91.8 Å². The van der Waals surface area contributed by atoms with E-state index in [0.29, 0.717) is 24.5 Å². The lowest BCUT2D eigenvalue weighted by Crippen LogP contribution is -2.03. The highest BCUT2D eigenvalue weighted by atomic mass is 35.5. The zero-order chi connectivity index (χ0) is 10.7. The van der Waals surface area contributed by atoms with Gasteiger partial charge in [-0.1, -0.05) is 0 Å². The molecule has 2 rings (SSSR count). The Morgan fingerprint density at radius 2 is 2.27 bits per heavy atom. The Hall–Kier alpha value is -1.26. The maximum Gasteiger partial charge on any atom is 0.293 e. The number of methoxy groups -OCH3 is 1. The van der Waals surface area contributed by atoms with E-state index in [1.165, 1.54) is 0 Å². The van der Waals surface area contributed by atoms with Crippen LogP contribution in [0.3, 0.4) is 0 Å². The molecule has 0 amide bonds. The first-order valence-electron chi connectivity index (χ1n) is 4.47. The van der Waals surface area contributed by atoms with Gasteiger partial charge in [0.1, 0.15) is 17.9 Å². The average molecular weight is 228 g/mol. The third-order valence-electron chi connectivity index (χ3n) is 1.89. The minimum atomic E-state index is 0.138. The molecule has 0 saturated carbocycles.